The number of benzene rings is 4. The van der Waals surface area contributed by atoms with Crippen LogP contribution in [0.15, 0.2) is 91.0 Å². The minimum absolute atomic E-state index is 1.19. The Morgan fingerprint density at radius 1 is 0.500 bits per heavy atom. The lowest BCUT2D eigenvalue weighted by Gasteiger charge is -2.06. The molecule has 0 unspecified atom stereocenters. The molecule has 0 amide bonds. The molecule has 0 fully saturated rings. The Labute approximate surface area is 152 Å². The lowest BCUT2D eigenvalue weighted by Crippen LogP contribution is -1.81. The quantitative estimate of drug-likeness (QED) is 0.359. The summed E-state index contributed by atoms with van der Waals surface area (Å²) in [4.78, 5) is 3.52. The number of nitrogens with one attached hydrogen (secondary N) is 1. The number of aryl methyl sites for hydroxylation is 1. The normalized spacial score (nSPS) is 11.3. The third-order valence-electron chi connectivity index (χ3n) is 5.06. The van der Waals surface area contributed by atoms with Crippen molar-refractivity contribution in [2.24, 2.45) is 0 Å². The summed E-state index contributed by atoms with van der Waals surface area (Å²) < 4.78 is 0. The highest BCUT2D eigenvalue weighted by Crippen LogP contribution is 2.32. The standard InChI is InChI=1S/C25H19N/c1-17-10-12-24-22(14-17)23-16-21(11-13-25(23)26-24)20-9-5-8-19(15-20)18-6-3-2-4-7-18/h2-16,26H,1H3. The van der Waals surface area contributed by atoms with E-state index in [1.807, 2.05) is 0 Å². The third-order valence-corrected chi connectivity index (χ3v) is 5.06. The Bertz CT molecular complexity index is 1230. The van der Waals surface area contributed by atoms with Crippen LogP contribution in [0.4, 0.5) is 0 Å². The van der Waals surface area contributed by atoms with Gasteiger partial charge in [-0.05, 0) is 59.5 Å². The second-order valence-electron chi connectivity index (χ2n) is 6.88. The van der Waals surface area contributed by atoms with E-state index in [1.165, 1.54) is 49.6 Å². The summed E-state index contributed by atoms with van der Waals surface area (Å²) in [6.45, 7) is 2.14. The molecule has 5 rings (SSSR count). The van der Waals surface area contributed by atoms with Gasteiger partial charge >= 0.3 is 0 Å². The molecule has 0 aliphatic heterocycles. The van der Waals surface area contributed by atoms with Crippen LogP contribution < -0.4 is 0 Å². The summed E-state index contributed by atoms with van der Waals surface area (Å²) in [6, 6.07) is 32.6. The van der Waals surface area contributed by atoms with Gasteiger partial charge in [0.25, 0.3) is 0 Å². The largest absolute Gasteiger partial charge is 0.355 e. The summed E-state index contributed by atoms with van der Waals surface area (Å²) >= 11 is 0. The number of H-pyrrole nitrogens is 1. The molecule has 1 N–H and O–H groups in total. The van der Waals surface area contributed by atoms with Gasteiger partial charge in [0.2, 0.25) is 0 Å². The predicted octanol–water partition coefficient (Wildman–Crippen LogP) is 6.96. The van der Waals surface area contributed by atoms with Gasteiger partial charge in [-0.1, -0.05) is 66.2 Å². The van der Waals surface area contributed by atoms with E-state index in [-0.39, 0.29) is 0 Å². The number of hydrogen-bond acceptors (Lipinski definition) is 0. The van der Waals surface area contributed by atoms with Gasteiger partial charge < -0.3 is 4.98 Å². The van der Waals surface area contributed by atoms with Crippen molar-refractivity contribution in [1.29, 1.82) is 0 Å². The maximum absolute atomic E-state index is 3.52. The van der Waals surface area contributed by atoms with Crippen LogP contribution in [-0.4, -0.2) is 4.98 Å². The Hall–Kier alpha value is -3.32. The molecule has 5 aromatic rings. The maximum Gasteiger partial charge on any atom is 0.0465 e. The minimum Gasteiger partial charge on any atom is -0.355 e. The topological polar surface area (TPSA) is 15.8 Å². The Morgan fingerprint density at radius 2 is 1.12 bits per heavy atom. The highest BCUT2D eigenvalue weighted by atomic mass is 14.7. The van der Waals surface area contributed by atoms with Crippen molar-refractivity contribution >= 4 is 21.8 Å². The van der Waals surface area contributed by atoms with Crippen LogP contribution >= 0.6 is 0 Å². The number of hydrogen-bond donors (Lipinski definition) is 1. The van der Waals surface area contributed by atoms with Crippen molar-refractivity contribution in [3.8, 4) is 22.3 Å². The van der Waals surface area contributed by atoms with Crippen molar-refractivity contribution in [3.05, 3.63) is 96.6 Å². The second-order valence-corrected chi connectivity index (χ2v) is 6.88. The molecule has 0 aliphatic carbocycles. The van der Waals surface area contributed by atoms with Gasteiger partial charge in [0.1, 0.15) is 0 Å². The van der Waals surface area contributed by atoms with E-state index >= 15 is 0 Å². The number of rotatable bonds is 2. The molecule has 0 bridgehead atoms. The highest BCUT2D eigenvalue weighted by molar-refractivity contribution is 6.08. The van der Waals surface area contributed by atoms with E-state index in [9.17, 15) is 0 Å². The molecule has 0 aliphatic rings. The first kappa shape index (κ1) is 15.0. The van der Waals surface area contributed by atoms with Crippen LogP contribution in [-0.2, 0) is 0 Å². The van der Waals surface area contributed by atoms with Crippen LogP contribution in [0.2, 0.25) is 0 Å². The minimum atomic E-state index is 1.19. The van der Waals surface area contributed by atoms with Gasteiger partial charge in [-0.2, -0.15) is 0 Å². The summed E-state index contributed by atoms with van der Waals surface area (Å²) in [5.74, 6) is 0. The van der Waals surface area contributed by atoms with Crippen LogP contribution in [0.1, 0.15) is 5.56 Å². The van der Waals surface area contributed by atoms with E-state index in [1.54, 1.807) is 0 Å². The van der Waals surface area contributed by atoms with Crippen molar-refractivity contribution < 1.29 is 0 Å². The number of fused-ring (bicyclic) bond motifs is 3. The third kappa shape index (κ3) is 2.49. The molecule has 1 heteroatoms. The van der Waals surface area contributed by atoms with Crippen LogP contribution in [0, 0.1) is 6.92 Å². The zero-order chi connectivity index (χ0) is 17.5. The first-order valence-electron chi connectivity index (χ1n) is 8.96. The average molecular weight is 333 g/mol. The van der Waals surface area contributed by atoms with Crippen molar-refractivity contribution in [1.82, 2.24) is 4.98 Å². The van der Waals surface area contributed by atoms with Gasteiger partial charge in [0.05, 0.1) is 0 Å². The van der Waals surface area contributed by atoms with Gasteiger partial charge in [0, 0.05) is 21.8 Å². The average Bonchev–Trinajstić information content (AvgIpc) is 3.06. The zero-order valence-electron chi connectivity index (χ0n) is 14.7. The molecule has 0 atom stereocenters. The van der Waals surface area contributed by atoms with Gasteiger partial charge in [-0.3, -0.25) is 0 Å². The summed E-state index contributed by atoms with van der Waals surface area (Å²) in [5, 5.41) is 2.58. The second kappa shape index (κ2) is 5.89. The molecule has 0 spiro atoms. The first-order valence-corrected chi connectivity index (χ1v) is 8.96. The van der Waals surface area contributed by atoms with Crippen LogP contribution in [0.25, 0.3) is 44.1 Å². The fraction of sp³-hybridized carbons (Fsp3) is 0.0400. The Balaban J connectivity index is 1.67. The molecule has 26 heavy (non-hydrogen) atoms. The van der Waals surface area contributed by atoms with E-state index in [2.05, 4.69) is 103 Å². The zero-order valence-corrected chi connectivity index (χ0v) is 14.7. The van der Waals surface area contributed by atoms with E-state index in [4.69, 9.17) is 0 Å². The van der Waals surface area contributed by atoms with Crippen LogP contribution in [0.5, 0.6) is 0 Å². The highest BCUT2D eigenvalue weighted by Gasteiger charge is 2.07. The summed E-state index contributed by atoms with van der Waals surface area (Å²) in [6.07, 6.45) is 0. The summed E-state index contributed by atoms with van der Waals surface area (Å²) in [5.41, 5.74) is 8.66. The molecule has 124 valence electrons. The van der Waals surface area contributed by atoms with Crippen molar-refractivity contribution in [2.45, 2.75) is 6.92 Å². The maximum atomic E-state index is 3.52. The lowest BCUT2D eigenvalue weighted by atomic mass is 9.98. The molecule has 1 nitrogen and oxygen atoms in total. The van der Waals surface area contributed by atoms with E-state index in [0.29, 0.717) is 0 Å². The fourth-order valence-corrected chi connectivity index (χ4v) is 3.70. The number of aromatic amines is 1. The SMILES string of the molecule is Cc1ccc2[nH]c3ccc(-c4cccc(-c5ccccc5)c4)cc3c2c1. The lowest BCUT2D eigenvalue weighted by molar-refractivity contribution is 1.49. The molecule has 4 aromatic carbocycles. The fourth-order valence-electron chi connectivity index (χ4n) is 3.70. The smallest absolute Gasteiger partial charge is 0.0465 e. The van der Waals surface area contributed by atoms with Crippen molar-refractivity contribution in [3.63, 3.8) is 0 Å². The van der Waals surface area contributed by atoms with Gasteiger partial charge in [-0.15, -0.1) is 0 Å². The molecular formula is C25H19N. The van der Waals surface area contributed by atoms with E-state index in [0.717, 1.165) is 0 Å². The van der Waals surface area contributed by atoms with Crippen LogP contribution in [0.3, 0.4) is 0 Å². The Morgan fingerprint density at radius 3 is 1.92 bits per heavy atom. The molecule has 0 saturated heterocycles. The van der Waals surface area contributed by atoms with Gasteiger partial charge in [-0.25, -0.2) is 0 Å². The monoisotopic (exact) mass is 333 g/mol. The number of aromatic nitrogens is 1. The van der Waals surface area contributed by atoms with Gasteiger partial charge in [0.15, 0.2) is 0 Å². The molecule has 1 aromatic heterocycles. The van der Waals surface area contributed by atoms with Crippen molar-refractivity contribution in [2.75, 3.05) is 0 Å². The molecule has 0 saturated carbocycles. The first-order chi connectivity index (χ1) is 12.8. The molecule has 0 radical (unpaired) electrons. The Kier molecular flexibility index (Phi) is 3.39. The van der Waals surface area contributed by atoms with E-state index < -0.39 is 0 Å². The molecular weight excluding hydrogens is 314 g/mol. The predicted molar refractivity (Wildman–Crippen MR) is 111 cm³/mol. The summed E-state index contributed by atoms with van der Waals surface area (Å²) in [7, 11) is 0. The molecule has 1 heterocycles.